The van der Waals surface area contributed by atoms with Crippen LogP contribution in [-0.4, -0.2) is 30.2 Å². The Labute approximate surface area is 117 Å². The van der Waals surface area contributed by atoms with Crippen LogP contribution in [0.25, 0.3) is 0 Å². The summed E-state index contributed by atoms with van der Waals surface area (Å²) in [5, 5.41) is 4.03. The van der Waals surface area contributed by atoms with E-state index >= 15 is 0 Å². The normalized spacial score (nSPS) is 10.6. The van der Waals surface area contributed by atoms with Crippen LogP contribution >= 0.6 is 11.8 Å². The Morgan fingerprint density at radius 2 is 1.89 bits per heavy atom. The molecule has 1 heterocycles. The van der Waals surface area contributed by atoms with Gasteiger partial charge in [-0.1, -0.05) is 18.2 Å². The van der Waals surface area contributed by atoms with Crippen LogP contribution in [0.15, 0.2) is 52.8 Å². The standard InChI is InChI=1S/C14H17N3OS/c1-18-8-7-15-9-12-10-16-14(17-11-12)19-13-5-3-2-4-6-13/h2-6,10-11,15H,7-9H2,1H3. The van der Waals surface area contributed by atoms with Gasteiger partial charge in [0.15, 0.2) is 5.16 Å². The Kier molecular flexibility index (Phi) is 5.81. The van der Waals surface area contributed by atoms with Gasteiger partial charge in [-0.3, -0.25) is 0 Å². The molecule has 0 unspecified atom stereocenters. The van der Waals surface area contributed by atoms with Crippen molar-refractivity contribution in [2.75, 3.05) is 20.3 Å². The molecule has 0 aliphatic heterocycles. The molecule has 2 rings (SSSR count). The Bertz CT molecular complexity index is 476. The zero-order valence-corrected chi connectivity index (χ0v) is 11.7. The molecular formula is C14H17N3OS. The Morgan fingerprint density at radius 1 is 1.16 bits per heavy atom. The number of hydrogen-bond acceptors (Lipinski definition) is 5. The predicted molar refractivity (Wildman–Crippen MR) is 76.2 cm³/mol. The summed E-state index contributed by atoms with van der Waals surface area (Å²) in [6, 6.07) is 10.1. The average Bonchev–Trinajstić information content (AvgIpc) is 2.46. The van der Waals surface area contributed by atoms with Crippen molar-refractivity contribution in [1.82, 2.24) is 15.3 Å². The van der Waals surface area contributed by atoms with E-state index in [4.69, 9.17) is 4.74 Å². The molecule has 0 aliphatic carbocycles. The van der Waals surface area contributed by atoms with Gasteiger partial charge in [0.25, 0.3) is 0 Å². The van der Waals surface area contributed by atoms with Gasteiger partial charge in [0.05, 0.1) is 6.61 Å². The molecule has 1 N–H and O–H groups in total. The highest BCUT2D eigenvalue weighted by Crippen LogP contribution is 2.23. The first-order valence-electron chi connectivity index (χ1n) is 6.12. The lowest BCUT2D eigenvalue weighted by atomic mass is 10.3. The topological polar surface area (TPSA) is 47.0 Å². The fourth-order valence-corrected chi connectivity index (χ4v) is 2.20. The van der Waals surface area contributed by atoms with Gasteiger partial charge in [0, 0.05) is 43.1 Å². The molecule has 0 atom stereocenters. The van der Waals surface area contributed by atoms with Crippen LogP contribution in [0.5, 0.6) is 0 Å². The van der Waals surface area contributed by atoms with Crippen LogP contribution in [0.3, 0.4) is 0 Å². The summed E-state index contributed by atoms with van der Waals surface area (Å²) in [6.45, 7) is 2.31. The molecule has 100 valence electrons. The monoisotopic (exact) mass is 275 g/mol. The SMILES string of the molecule is COCCNCc1cnc(Sc2ccccc2)nc1. The van der Waals surface area contributed by atoms with E-state index in [-0.39, 0.29) is 0 Å². The molecule has 0 radical (unpaired) electrons. The molecule has 0 fully saturated rings. The van der Waals surface area contributed by atoms with E-state index in [0.29, 0.717) is 6.61 Å². The second-order valence-corrected chi connectivity index (χ2v) is 5.00. The lowest BCUT2D eigenvalue weighted by molar-refractivity contribution is 0.199. The summed E-state index contributed by atoms with van der Waals surface area (Å²) in [5.74, 6) is 0. The molecule has 0 saturated heterocycles. The van der Waals surface area contributed by atoms with E-state index in [1.165, 1.54) is 0 Å². The van der Waals surface area contributed by atoms with Crippen molar-refractivity contribution in [3.05, 3.63) is 48.3 Å². The number of hydrogen-bond donors (Lipinski definition) is 1. The summed E-state index contributed by atoms with van der Waals surface area (Å²) in [5.41, 5.74) is 1.08. The van der Waals surface area contributed by atoms with Gasteiger partial charge in [0.2, 0.25) is 0 Å². The molecule has 1 aromatic carbocycles. The highest BCUT2D eigenvalue weighted by atomic mass is 32.2. The van der Waals surface area contributed by atoms with E-state index in [9.17, 15) is 0 Å². The smallest absolute Gasteiger partial charge is 0.192 e. The third-order valence-corrected chi connectivity index (χ3v) is 3.35. The third kappa shape index (κ3) is 4.98. The molecule has 0 spiro atoms. The Balaban J connectivity index is 1.84. The van der Waals surface area contributed by atoms with Gasteiger partial charge in [-0.05, 0) is 23.9 Å². The zero-order valence-electron chi connectivity index (χ0n) is 10.9. The number of rotatable bonds is 7. The molecular weight excluding hydrogens is 258 g/mol. The van der Waals surface area contributed by atoms with Crippen molar-refractivity contribution in [2.45, 2.75) is 16.6 Å². The maximum atomic E-state index is 4.97. The molecule has 0 aliphatic rings. The second-order valence-electron chi connectivity index (χ2n) is 3.96. The largest absolute Gasteiger partial charge is 0.383 e. The van der Waals surface area contributed by atoms with Gasteiger partial charge < -0.3 is 10.1 Å². The van der Waals surface area contributed by atoms with Gasteiger partial charge >= 0.3 is 0 Å². The first kappa shape index (κ1) is 14.0. The number of methoxy groups -OCH3 is 1. The first-order valence-corrected chi connectivity index (χ1v) is 6.93. The molecule has 5 heteroatoms. The van der Waals surface area contributed by atoms with Crippen LogP contribution in [0, 0.1) is 0 Å². The highest BCUT2D eigenvalue weighted by molar-refractivity contribution is 7.99. The van der Waals surface area contributed by atoms with E-state index in [1.54, 1.807) is 18.9 Å². The predicted octanol–water partition coefficient (Wildman–Crippen LogP) is 2.36. The van der Waals surface area contributed by atoms with Gasteiger partial charge in [0.1, 0.15) is 0 Å². The molecule has 0 amide bonds. The van der Waals surface area contributed by atoms with Crippen molar-refractivity contribution in [3.63, 3.8) is 0 Å². The van der Waals surface area contributed by atoms with E-state index in [2.05, 4.69) is 15.3 Å². The molecule has 0 bridgehead atoms. The fourth-order valence-electron chi connectivity index (χ4n) is 1.49. The van der Waals surface area contributed by atoms with E-state index in [1.807, 2.05) is 42.7 Å². The fraction of sp³-hybridized carbons (Fsp3) is 0.286. The maximum absolute atomic E-state index is 4.97. The van der Waals surface area contributed by atoms with E-state index < -0.39 is 0 Å². The summed E-state index contributed by atoms with van der Waals surface area (Å²) >= 11 is 1.57. The lowest BCUT2D eigenvalue weighted by Crippen LogP contribution is -2.18. The van der Waals surface area contributed by atoms with Crippen molar-refractivity contribution in [1.29, 1.82) is 0 Å². The van der Waals surface area contributed by atoms with Crippen molar-refractivity contribution >= 4 is 11.8 Å². The average molecular weight is 275 g/mol. The van der Waals surface area contributed by atoms with Gasteiger partial charge in [-0.15, -0.1) is 0 Å². The highest BCUT2D eigenvalue weighted by Gasteiger charge is 2.00. The molecule has 19 heavy (non-hydrogen) atoms. The van der Waals surface area contributed by atoms with Crippen LogP contribution in [-0.2, 0) is 11.3 Å². The Hall–Kier alpha value is -1.43. The van der Waals surface area contributed by atoms with Gasteiger partial charge in [-0.25, -0.2) is 9.97 Å². The summed E-state index contributed by atoms with van der Waals surface area (Å²) < 4.78 is 4.97. The number of ether oxygens (including phenoxy) is 1. The van der Waals surface area contributed by atoms with Crippen molar-refractivity contribution in [3.8, 4) is 0 Å². The summed E-state index contributed by atoms with van der Waals surface area (Å²) in [4.78, 5) is 9.85. The minimum absolute atomic E-state index is 0.711. The quantitative estimate of drug-likeness (QED) is 0.621. The van der Waals surface area contributed by atoms with Gasteiger partial charge in [-0.2, -0.15) is 0 Å². The van der Waals surface area contributed by atoms with E-state index in [0.717, 1.165) is 28.7 Å². The number of nitrogens with zero attached hydrogens (tertiary/aromatic N) is 2. The molecule has 4 nitrogen and oxygen atoms in total. The number of aromatic nitrogens is 2. The summed E-state index contributed by atoms with van der Waals surface area (Å²) in [6.07, 6.45) is 3.72. The first-order chi connectivity index (χ1) is 9.38. The van der Waals surface area contributed by atoms with Crippen LogP contribution in [0.2, 0.25) is 0 Å². The molecule has 2 aromatic rings. The lowest BCUT2D eigenvalue weighted by Gasteiger charge is -2.04. The molecule has 1 aromatic heterocycles. The Morgan fingerprint density at radius 3 is 2.58 bits per heavy atom. The summed E-state index contributed by atoms with van der Waals surface area (Å²) in [7, 11) is 1.69. The minimum Gasteiger partial charge on any atom is -0.383 e. The van der Waals surface area contributed by atoms with Crippen LogP contribution in [0.1, 0.15) is 5.56 Å². The third-order valence-electron chi connectivity index (χ3n) is 2.45. The second kappa shape index (κ2) is 7.89. The number of nitrogens with one attached hydrogen (secondary N) is 1. The van der Waals surface area contributed by atoms with Crippen LogP contribution in [0.4, 0.5) is 0 Å². The maximum Gasteiger partial charge on any atom is 0.192 e. The van der Waals surface area contributed by atoms with Crippen LogP contribution < -0.4 is 5.32 Å². The van der Waals surface area contributed by atoms with Crippen molar-refractivity contribution in [2.24, 2.45) is 0 Å². The zero-order chi connectivity index (χ0) is 13.3. The van der Waals surface area contributed by atoms with Crippen molar-refractivity contribution < 1.29 is 4.74 Å². The minimum atomic E-state index is 0.711. The number of benzene rings is 1. The molecule has 0 saturated carbocycles.